The van der Waals surface area contributed by atoms with Crippen LogP contribution < -0.4 is 16.2 Å². The number of aromatic nitrogens is 1. The third-order valence-electron chi connectivity index (χ3n) is 6.41. The Kier molecular flexibility index (Phi) is 11.7. The van der Waals surface area contributed by atoms with Crippen LogP contribution in [-0.4, -0.2) is 46.8 Å². The fraction of sp³-hybridized carbons (Fsp3) is 0.481. The highest BCUT2D eigenvalue weighted by Gasteiger charge is 2.25. The Bertz CT molecular complexity index is 1150. The number of nitrogens with zero attached hydrogens (tertiary/aromatic N) is 1. The van der Waals surface area contributed by atoms with E-state index in [1.54, 1.807) is 6.07 Å². The predicted octanol–water partition coefficient (Wildman–Crippen LogP) is 2.23. The topological polar surface area (TPSA) is 145 Å². The van der Waals surface area contributed by atoms with Crippen LogP contribution in [0, 0.1) is 5.92 Å². The van der Waals surface area contributed by atoms with E-state index in [0.29, 0.717) is 12.3 Å². The molecule has 0 aliphatic rings. The summed E-state index contributed by atoms with van der Waals surface area (Å²) in [5, 5.41) is 4.79. The number of likely N-dealkylation sites (N-methyl/N-ethyl adjacent to an activating group) is 1. The summed E-state index contributed by atoms with van der Waals surface area (Å²) in [6, 6.07) is 3.39. The number of hydrogen-bond acceptors (Lipinski definition) is 7. The van der Waals surface area contributed by atoms with Gasteiger partial charge in [-0.15, -0.1) is 0 Å². The zero-order chi connectivity index (χ0) is 27.4. The maximum absolute atomic E-state index is 13.1. The fourth-order valence-electron chi connectivity index (χ4n) is 3.96. The number of carbonyl (C=O) groups excluding carboxylic acids is 5. The molecule has 1 atom stereocenters. The van der Waals surface area contributed by atoms with Gasteiger partial charge in [0.25, 0.3) is 17.4 Å². The number of ketones is 3. The first kappa shape index (κ1) is 29.4. The van der Waals surface area contributed by atoms with E-state index >= 15 is 0 Å². The molecule has 2 N–H and O–H groups in total. The molecular formula is C27H35N3O7. The van der Waals surface area contributed by atoms with Crippen molar-refractivity contribution in [2.45, 2.75) is 71.4 Å². The van der Waals surface area contributed by atoms with Crippen molar-refractivity contribution < 1.29 is 28.4 Å². The molecule has 2 rings (SSSR count). The number of carbonyl (C=O) groups is 5. The number of furan rings is 1. The standard InChI is InChI=1S/C27H35N3O7/c1-4-18(5-2)8-9-21(31)16-30-13-6-7-19(27(30)36)15-24(33)22(10-11-23(32)26(35)28-3)29-25(34)20-12-14-37-17-20/h6-7,12-14,17-18,22H,4-5,8-11,15-16H2,1-3H3,(H,28,35)(H,29,34)/t22-/m0/s1. The second-order valence-corrected chi connectivity index (χ2v) is 8.95. The van der Waals surface area contributed by atoms with Gasteiger partial charge in [0.05, 0.1) is 24.4 Å². The van der Waals surface area contributed by atoms with Gasteiger partial charge in [0.15, 0.2) is 11.6 Å². The molecule has 0 radical (unpaired) electrons. The normalized spacial score (nSPS) is 11.7. The first-order valence-corrected chi connectivity index (χ1v) is 12.5. The summed E-state index contributed by atoms with van der Waals surface area (Å²) < 4.78 is 6.18. The minimum Gasteiger partial charge on any atom is -0.472 e. The summed E-state index contributed by atoms with van der Waals surface area (Å²) in [5.74, 6) is -2.21. The Morgan fingerprint density at radius 2 is 1.76 bits per heavy atom. The Hall–Kier alpha value is -3.82. The molecule has 37 heavy (non-hydrogen) atoms. The lowest BCUT2D eigenvalue weighted by Gasteiger charge is -2.17. The van der Waals surface area contributed by atoms with Crippen molar-refractivity contribution in [2.24, 2.45) is 5.92 Å². The number of pyridine rings is 1. The van der Waals surface area contributed by atoms with Gasteiger partial charge in [-0.1, -0.05) is 32.8 Å². The minimum absolute atomic E-state index is 0.0598. The van der Waals surface area contributed by atoms with Gasteiger partial charge >= 0.3 is 0 Å². The predicted molar refractivity (Wildman–Crippen MR) is 136 cm³/mol. The van der Waals surface area contributed by atoms with E-state index in [1.165, 1.54) is 42.5 Å². The van der Waals surface area contributed by atoms with Crippen molar-refractivity contribution in [3.63, 3.8) is 0 Å². The van der Waals surface area contributed by atoms with Gasteiger partial charge in [-0.05, 0) is 30.9 Å². The Morgan fingerprint density at radius 1 is 1.03 bits per heavy atom. The molecule has 2 heterocycles. The monoisotopic (exact) mass is 513 g/mol. The van der Waals surface area contributed by atoms with Crippen LogP contribution in [0.15, 0.2) is 46.1 Å². The van der Waals surface area contributed by atoms with Gasteiger partial charge in [0, 0.05) is 38.1 Å². The number of rotatable bonds is 16. The molecule has 0 bridgehead atoms. The van der Waals surface area contributed by atoms with Crippen LogP contribution in [0.1, 0.15) is 68.3 Å². The summed E-state index contributed by atoms with van der Waals surface area (Å²) >= 11 is 0. The van der Waals surface area contributed by atoms with Crippen LogP contribution in [0.2, 0.25) is 0 Å². The maximum Gasteiger partial charge on any atom is 0.287 e. The lowest BCUT2D eigenvalue weighted by Crippen LogP contribution is -2.43. The van der Waals surface area contributed by atoms with Gasteiger partial charge < -0.3 is 19.6 Å². The number of amides is 2. The van der Waals surface area contributed by atoms with E-state index in [4.69, 9.17) is 4.42 Å². The van der Waals surface area contributed by atoms with Crippen LogP contribution in [0.5, 0.6) is 0 Å². The molecule has 10 nitrogen and oxygen atoms in total. The van der Waals surface area contributed by atoms with E-state index in [2.05, 4.69) is 24.5 Å². The summed E-state index contributed by atoms with van der Waals surface area (Å²) in [5.41, 5.74) is -0.113. The van der Waals surface area contributed by atoms with Gasteiger partial charge in [-0.3, -0.25) is 28.8 Å². The SMILES string of the molecule is CCC(CC)CCC(=O)Cn1cccc(CC(=O)[C@H](CCC(=O)C(=O)NC)NC(=O)c2ccoc2)c1=O. The van der Waals surface area contributed by atoms with Crippen molar-refractivity contribution in [1.82, 2.24) is 15.2 Å². The van der Waals surface area contributed by atoms with E-state index < -0.39 is 35.0 Å². The van der Waals surface area contributed by atoms with Crippen LogP contribution in [-0.2, 0) is 32.1 Å². The molecule has 200 valence electrons. The molecule has 0 saturated carbocycles. The molecule has 0 aliphatic carbocycles. The molecule has 0 spiro atoms. The molecule has 0 aromatic carbocycles. The minimum atomic E-state index is -1.12. The van der Waals surface area contributed by atoms with Gasteiger partial charge in [0.1, 0.15) is 6.26 Å². The molecule has 0 saturated heterocycles. The molecule has 0 unspecified atom stereocenters. The average molecular weight is 514 g/mol. The quantitative estimate of drug-likeness (QED) is 0.328. The zero-order valence-electron chi connectivity index (χ0n) is 21.6. The molecule has 2 aromatic heterocycles. The van der Waals surface area contributed by atoms with Crippen molar-refractivity contribution in [3.05, 3.63) is 58.4 Å². The fourth-order valence-corrected chi connectivity index (χ4v) is 3.96. The molecule has 10 heteroatoms. The first-order chi connectivity index (χ1) is 17.7. The Labute approximate surface area is 215 Å². The highest BCUT2D eigenvalue weighted by Crippen LogP contribution is 2.15. The number of hydrogen-bond donors (Lipinski definition) is 2. The van der Waals surface area contributed by atoms with E-state index in [9.17, 15) is 28.8 Å². The maximum atomic E-state index is 13.1. The number of Topliss-reactive ketones (excluding diaryl/α,β-unsaturated/α-hetero) is 3. The van der Waals surface area contributed by atoms with Gasteiger partial charge in [0.2, 0.25) is 5.78 Å². The molecule has 2 aromatic rings. The van der Waals surface area contributed by atoms with Crippen LogP contribution in [0.25, 0.3) is 0 Å². The second kappa shape index (κ2) is 14.7. The molecule has 0 fully saturated rings. The summed E-state index contributed by atoms with van der Waals surface area (Å²) in [7, 11) is 1.32. The van der Waals surface area contributed by atoms with Gasteiger partial charge in [-0.25, -0.2) is 0 Å². The summed E-state index contributed by atoms with van der Waals surface area (Å²) in [4.78, 5) is 74.6. The van der Waals surface area contributed by atoms with E-state index in [1.807, 2.05) is 0 Å². The van der Waals surface area contributed by atoms with Crippen LogP contribution in [0.4, 0.5) is 0 Å². The van der Waals surface area contributed by atoms with Crippen LogP contribution >= 0.6 is 0 Å². The summed E-state index contributed by atoms with van der Waals surface area (Å²) in [6.07, 6.45) is 6.45. The van der Waals surface area contributed by atoms with E-state index in [-0.39, 0.29) is 42.7 Å². The highest BCUT2D eigenvalue weighted by atomic mass is 16.3. The highest BCUT2D eigenvalue weighted by molar-refractivity contribution is 6.36. The zero-order valence-corrected chi connectivity index (χ0v) is 21.6. The summed E-state index contributed by atoms with van der Waals surface area (Å²) in [6.45, 7) is 4.09. The first-order valence-electron chi connectivity index (χ1n) is 12.5. The molecular weight excluding hydrogens is 478 g/mol. The number of nitrogens with one attached hydrogen (secondary N) is 2. The molecule has 0 aliphatic heterocycles. The van der Waals surface area contributed by atoms with Crippen molar-refractivity contribution in [2.75, 3.05) is 7.05 Å². The van der Waals surface area contributed by atoms with Gasteiger partial charge in [-0.2, -0.15) is 0 Å². The largest absolute Gasteiger partial charge is 0.472 e. The van der Waals surface area contributed by atoms with Crippen LogP contribution in [0.3, 0.4) is 0 Å². The Morgan fingerprint density at radius 3 is 2.38 bits per heavy atom. The van der Waals surface area contributed by atoms with Crippen molar-refractivity contribution in [3.8, 4) is 0 Å². The third-order valence-corrected chi connectivity index (χ3v) is 6.41. The van der Waals surface area contributed by atoms with E-state index in [0.717, 1.165) is 19.3 Å². The Balaban J connectivity index is 2.13. The van der Waals surface area contributed by atoms with Crippen molar-refractivity contribution in [1.29, 1.82) is 0 Å². The average Bonchev–Trinajstić information content (AvgIpc) is 3.44. The second-order valence-electron chi connectivity index (χ2n) is 8.95. The van der Waals surface area contributed by atoms with Crippen molar-refractivity contribution >= 4 is 29.2 Å². The lowest BCUT2D eigenvalue weighted by molar-refractivity contribution is -0.137. The third kappa shape index (κ3) is 8.96. The smallest absolute Gasteiger partial charge is 0.287 e. The lowest BCUT2D eigenvalue weighted by atomic mass is 9.96. The molecule has 2 amide bonds.